The van der Waals surface area contributed by atoms with Crippen LogP contribution in [-0.4, -0.2) is 16.0 Å². The lowest BCUT2D eigenvalue weighted by Gasteiger charge is -2.21. The molecule has 0 radical (unpaired) electrons. The number of benzene rings is 1. The van der Waals surface area contributed by atoms with Gasteiger partial charge in [-0.3, -0.25) is 9.99 Å². The van der Waals surface area contributed by atoms with Gasteiger partial charge < -0.3 is 9.84 Å². The molecule has 0 saturated carbocycles. The molecule has 3 heterocycles. The Morgan fingerprint density at radius 1 is 1.24 bits per heavy atom. The summed E-state index contributed by atoms with van der Waals surface area (Å²) in [4.78, 5) is 8.54. The SMILES string of the molecule is CC(C)N1NNc2cc(-c3nc4ccncc4o3)ccc21. The van der Waals surface area contributed by atoms with Crippen LogP contribution in [0.15, 0.2) is 41.1 Å². The number of hydrogen-bond acceptors (Lipinski definition) is 6. The molecule has 1 aliphatic heterocycles. The van der Waals surface area contributed by atoms with Crippen molar-refractivity contribution in [3.8, 4) is 11.5 Å². The third kappa shape index (κ3) is 1.92. The minimum atomic E-state index is 0.361. The number of aromatic nitrogens is 2. The first kappa shape index (κ1) is 12.2. The highest BCUT2D eigenvalue weighted by Crippen LogP contribution is 2.34. The van der Waals surface area contributed by atoms with Gasteiger partial charge in [-0.2, -0.15) is 0 Å². The number of oxazole rings is 1. The van der Waals surface area contributed by atoms with Crippen LogP contribution in [0.3, 0.4) is 0 Å². The molecule has 4 rings (SSSR count). The highest BCUT2D eigenvalue weighted by atomic mass is 16.3. The summed E-state index contributed by atoms with van der Waals surface area (Å²) in [7, 11) is 0. The number of anilines is 2. The summed E-state index contributed by atoms with van der Waals surface area (Å²) in [6, 6.07) is 8.31. The van der Waals surface area contributed by atoms with Gasteiger partial charge in [0.15, 0.2) is 5.58 Å². The summed E-state index contributed by atoms with van der Waals surface area (Å²) in [6.45, 7) is 4.26. The van der Waals surface area contributed by atoms with Gasteiger partial charge in [0.1, 0.15) is 5.52 Å². The van der Waals surface area contributed by atoms with Gasteiger partial charge in [0.2, 0.25) is 5.89 Å². The number of rotatable bonds is 2. The van der Waals surface area contributed by atoms with Crippen LogP contribution in [0.5, 0.6) is 0 Å². The zero-order chi connectivity index (χ0) is 14.4. The molecule has 6 heteroatoms. The van der Waals surface area contributed by atoms with Gasteiger partial charge in [0, 0.05) is 17.8 Å². The van der Waals surface area contributed by atoms with E-state index in [1.54, 1.807) is 12.4 Å². The Bertz CT molecular complexity index is 778. The quantitative estimate of drug-likeness (QED) is 0.753. The van der Waals surface area contributed by atoms with E-state index in [0.717, 1.165) is 22.5 Å². The van der Waals surface area contributed by atoms with Crippen LogP contribution in [0.2, 0.25) is 0 Å². The average Bonchev–Trinajstić information content (AvgIpc) is 3.10. The van der Waals surface area contributed by atoms with Gasteiger partial charge in [0.25, 0.3) is 0 Å². The van der Waals surface area contributed by atoms with E-state index in [-0.39, 0.29) is 0 Å². The molecule has 0 bridgehead atoms. The van der Waals surface area contributed by atoms with Crippen molar-refractivity contribution in [2.24, 2.45) is 0 Å². The number of nitrogens with one attached hydrogen (secondary N) is 2. The summed E-state index contributed by atoms with van der Waals surface area (Å²) in [5.74, 6) is 0.602. The number of fused-ring (bicyclic) bond motifs is 2. The molecule has 0 fully saturated rings. The summed E-state index contributed by atoms with van der Waals surface area (Å²) in [5.41, 5.74) is 10.9. The smallest absolute Gasteiger partial charge is 0.227 e. The second kappa shape index (κ2) is 4.46. The zero-order valence-corrected chi connectivity index (χ0v) is 11.8. The summed E-state index contributed by atoms with van der Waals surface area (Å²) >= 11 is 0. The molecular formula is C15H15N5O. The third-order valence-corrected chi connectivity index (χ3v) is 3.52. The van der Waals surface area contributed by atoms with Crippen LogP contribution in [-0.2, 0) is 0 Å². The van der Waals surface area contributed by atoms with Crippen molar-refractivity contribution in [2.75, 3.05) is 10.4 Å². The molecule has 0 saturated heterocycles. The van der Waals surface area contributed by atoms with Crippen LogP contribution < -0.4 is 16.0 Å². The fraction of sp³-hybridized carbons (Fsp3) is 0.200. The molecule has 1 aromatic carbocycles. The Hall–Kier alpha value is -2.60. The Balaban J connectivity index is 1.77. The van der Waals surface area contributed by atoms with Crippen molar-refractivity contribution in [1.82, 2.24) is 15.5 Å². The molecule has 0 unspecified atom stereocenters. The lowest BCUT2D eigenvalue weighted by atomic mass is 10.1. The van der Waals surface area contributed by atoms with Gasteiger partial charge in [0.05, 0.1) is 17.6 Å². The van der Waals surface area contributed by atoms with Crippen LogP contribution in [0.1, 0.15) is 13.8 Å². The molecule has 0 amide bonds. The average molecular weight is 281 g/mol. The van der Waals surface area contributed by atoms with E-state index < -0.39 is 0 Å². The molecule has 21 heavy (non-hydrogen) atoms. The Morgan fingerprint density at radius 2 is 2.14 bits per heavy atom. The topological polar surface area (TPSA) is 66.2 Å². The summed E-state index contributed by atoms with van der Waals surface area (Å²) in [6.07, 6.45) is 3.39. The first-order valence-electron chi connectivity index (χ1n) is 6.88. The molecule has 106 valence electrons. The van der Waals surface area contributed by atoms with Gasteiger partial charge in [-0.25, -0.2) is 4.98 Å². The van der Waals surface area contributed by atoms with E-state index in [1.165, 1.54) is 0 Å². The maximum Gasteiger partial charge on any atom is 0.227 e. The molecular weight excluding hydrogens is 266 g/mol. The molecule has 0 spiro atoms. The minimum absolute atomic E-state index is 0.361. The molecule has 2 N–H and O–H groups in total. The second-order valence-corrected chi connectivity index (χ2v) is 5.29. The molecule has 0 aliphatic carbocycles. The zero-order valence-electron chi connectivity index (χ0n) is 11.8. The first-order chi connectivity index (χ1) is 10.2. The normalized spacial score (nSPS) is 13.8. The number of hydrazine groups is 2. The standard InChI is InChI=1S/C15H15N5O/c1-9(2)20-13-4-3-10(7-12(13)18-19-20)15-17-11-5-6-16-8-14(11)21-15/h3-9,18-19H,1-2H3. The highest BCUT2D eigenvalue weighted by Gasteiger charge is 2.21. The summed E-state index contributed by atoms with van der Waals surface area (Å²) in [5, 5.41) is 2.08. The fourth-order valence-electron chi connectivity index (χ4n) is 2.47. The Kier molecular flexibility index (Phi) is 2.58. The van der Waals surface area contributed by atoms with E-state index >= 15 is 0 Å². The van der Waals surface area contributed by atoms with Crippen LogP contribution in [0.4, 0.5) is 11.4 Å². The van der Waals surface area contributed by atoms with Gasteiger partial charge in [-0.15, -0.1) is 5.53 Å². The number of nitrogens with zero attached hydrogens (tertiary/aromatic N) is 3. The molecule has 2 aromatic heterocycles. The van der Waals surface area contributed by atoms with E-state index in [9.17, 15) is 0 Å². The fourth-order valence-corrected chi connectivity index (χ4v) is 2.47. The first-order valence-corrected chi connectivity index (χ1v) is 6.88. The van der Waals surface area contributed by atoms with E-state index in [2.05, 4.69) is 45.9 Å². The van der Waals surface area contributed by atoms with Crippen molar-refractivity contribution in [3.05, 3.63) is 36.7 Å². The van der Waals surface area contributed by atoms with Gasteiger partial charge >= 0.3 is 0 Å². The van der Waals surface area contributed by atoms with Gasteiger partial charge in [-0.1, -0.05) is 0 Å². The largest absolute Gasteiger partial charge is 0.434 e. The third-order valence-electron chi connectivity index (χ3n) is 3.52. The predicted molar refractivity (Wildman–Crippen MR) is 81.6 cm³/mol. The maximum absolute atomic E-state index is 5.75. The highest BCUT2D eigenvalue weighted by molar-refractivity contribution is 5.80. The number of hydrogen-bond donors (Lipinski definition) is 2. The molecule has 6 nitrogen and oxygen atoms in total. The van der Waals surface area contributed by atoms with Crippen molar-refractivity contribution in [2.45, 2.75) is 19.9 Å². The lowest BCUT2D eigenvalue weighted by Crippen LogP contribution is -2.41. The van der Waals surface area contributed by atoms with Gasteiger partial charge in [-0.05, 0) is 38.1 Å². The van der Waals surface area contributed by atoms with Crippen molar-refractivity contribution in [3.63, 3.8) is 0 Å². The van der Waals surface area contributed by atoms with E-state index in [0.29, 0.717) is 17.5 Å². The van der Waals surface area contributed by atoms with E-state index in [1.807, 2.05) is 18.2 Å². The minimum Gasteiger partial charge on any atom is -0.434 e. The molecule has 0 atom stereocenters. The monoisotopic (exact) mass is 281 g/mol. The van der Waals surface area contributed by atoms with Crippen molar-refractivity contribution in [1.29, 1.82) is 0 Å². The second-order valence-electron chi connectivity index (χ2n) is 5.29. The Labute approximate surface area is 121 Å². The Morgan fingerprint density at radius 3 is 2.95 bits per heavy atom. The molecule has 3 aromatic rings. The van der Waals surface area contributed by atoms with Crippen molar-refractivity contribution >= 4 is 22.5 Å². The maximum atomic E-state index is 5.75. The van der Waals surface area contributed by atoms with Crippen LogP contribution in [0, 0.1) is 0 Å². The van der Waals surface area contributed by atoms with Crippen molar-refractivity contribution < 1.29 is 4.42 Å². The number of pyridine rings is 1. The van der Waals surface area contributed by atoms with E-state index in [4.69, 9.17) is 4.42 Å². The summed E-state index contributed by atoms with van der Waals surface area (Å²) < 4.78 is 5.75. The lowest BCUT2D eigenvalue weighted by molar-refractivity contribution is 0.618. The van der Waals surface area contributed by atoms with Crippen LogP contribution >= 0.6 is 0 Å². The predicted octanol–water partition coefficient (Wildman–Crippen LogP) is 2.95. The molecule has 1 aliphatic rings. The van der Waals surface area contributed by atoms with Crippen LogP contribution in [0.25, 0.3) is 22.6 Å².